The molecule has 3 N–H and O–H groups in total. The first-order valence-electron chi connectivity index (χ1n) is 4.60. The number of nitrogen functional groups attached to an aromatic ring is 1. The monoisotopic (exact) mass is 203 g/mol. The van der Waals surface area contributed by atoms with Crippen LogP contribution >= 0.6 is 0 Å². The number of hydrogen-bond donors (Lipinski definition) is 2. The molecule has 0 unspecified atom stereocenters. The van der Waals surface area contributed by atoms with Crippen molar-refractivity contribution in [2.45, 2.75) is 19.8 Å². The van der Waals surface area contributed by atoms with Gasteiger partial charge in [0.05, 0.1) is 0 Å². The molecule has 0 aromatic heterocycles. The third kappa shape index (κ3) is 8.10. The van der Waals surface area contributed by atoms with Crippen molar-refractivity contribution in [3.05, 3.63) is 24.3 Å². The molecule has 0 saturated carbocycles. The maximum absolute atomic E-state index is 9.60. The standard InChI is InChI=1S/C6H6N.C4H8O2.Na/c7-6-4-2-1-3-5-6;1-2-3-4(5)6;/h2-5H,7H2;2-3H2,1H3,(H,5,6);. The summed E-state index contributed by atoms with van der Waals surface area (Å²) in [6, 6.07) is 7.98. The van der Waals surface area contributed by atoms with Crippen LogP contribution < -0.4 is 8.55 Å². The third-order valence-corrected chi connectivity index (χ3v) is 2.21. The zero-order valence-electron chi connectivity index (χ0n) is 8.66. The molecule has 3 nitrogen and oxygen atoms in total. The SMILES string of the molecule is CCCC(=O)O.Nc1cc[c]([Na])cc1. The van der Waals surface area contributed by atoms with E-state index >= 15 is 0 Å². The van der Waals surface area contributed by atoms with Crippen molar-refractivity contribution in [3.63, 3.8) is 0 Å². The molecular weight excluding hydrogens is 189 g/mol. The molecule has 1 rings (SSSR count). The molecule has 0 bridgehead atoms. The van der Waals surface area contributed by atoms with E-state index in [4.69, 9.17) is 10.8 Å². The average molecular weight is 203 g/mol. The van der Waals surface area contributed by atoms with Crippen molar-refractivity contribution in [2.75, 3.05) is 5.73 Å². The number of anilines is 1. The van der Waals surface area contributed by atoms with Gasteiger partial charge in [-0.25, -0.2) is 0 Å². The zero-order valence-corrected chi connectivity index (χ0v) is 10.7. The summed E-state index contributed by atoms with van der Waals surface area (Å²) >= 11 is 1.12. The van der Waals surface area contributed by atoms with Gasteiger partial charge in [-0.3, -0.25) is 4.79 Å². The molecule has 0 aliphatic carbocycles. The van der Waals surface area contributed by atoms with Gasteiger partial charge in [-0.1, -0.05) is 6.92 Å². The van der Waals surface area contributed by atoms with Gasteiger partial charge >= 0.3 is 72.4 Å². The molecule has 0 heterocycles. The summed E-state index contributed by atoms with van der Waals surface area (Å²) in [4.78, 5) is 9.60. The van der Waals surface area contributed by atoms with Crippen LogP contribution in [0, 0.1) is 0 Å². The van der Waals surface area contributed by atoms with Crippen LogP contribution in [0.1, 0.15) is 19.8 Å². The van der Waals surface area contributed by atoms with E-state index in [2.05, 4.69) is 12.1 Å². The summed E-state index contributed by atoms with van der Waals surface area (Å²) in [5, 5.41) is 7.91. The number of benzene rings is 1. The molecular formula is C10H14NNaO2. The molecule has 0 amide bonds. The third-order valence-electron chi connectivity index (χ3n) is 1.54. The topological polar surface area (TPSA) is 63.3 Å². The quantitative estimate of drug-likeness (QED) is 0.555. The Kier molecular flexibility index (Phi) is 7.57. The first-order chi connectivity index (χ1) is 6.56. The predicted molar refractivity (Wildman–Crippen MR) is 58.8 cm³/mol. The van der Waals surface area contributed by atoms with E-state index < -0.39 is 5.97 Å². The molecule has 0 fully saturated rings. The number of carboxylic acid groups (broad SMARTS) is 1. The Labute approximate surface area is 102 Å². The van der Waals surface area contributed by atoms with Crippen molar-refractivity contribution < 1.29 is 9.90 Å². The summed E-state index contributed by atoms with van der Waals surface area (Å²) < 4.78 is 1.39. The van der Waals surface area contributed by atoms with E-state index in [9.17, 15) is 4.79 Å². The minimum atomic E-state index is -0.711. The first kappa shape index (κ1) is 13.5. The summed E-state index contributed by atoms with van der Waals surface area (Å²) in [6.07, 6.45) is 1.02. The van der Waals surface area contributed by atoms with E-state index in [1.54, 1.807) is 0 Å². The fraction of sp³-hybridized carbons (Fsp3) is 0.300. The Morgan fingerprint density at radius 2 is 1.93 bits per heavy atom. The molecule has 72 valence electrons. The molecule has 14 heavy (non-hydrogen) atoms. The summed E-state index contributed by atoms with van der Waals surface area (Å²) in [5.41, 5.74) is 6.29. The molecule has 0 spiro atoms. The number of aliphatic carboxylic acids is 1. The van der Waals surface area contributed by atoms with E-state index in [0.717, 1.165) is 40.0 Å². The number of carbonyl (C=O) groups is 1. The van der Waals surface area contributed by atoms with E-state index in [1.165, 1.54) is 2.81 Å². The fourth-order valence-corrected chi connectivity index (χ4v) is 1.11. The Hall–Kier alpha value is -0.510. The van der Waals surface area contributed by atoms with Crippen LogP contribution in [0.4, 0.5) is 5.69 Å². The van der Waals surface area contributed by atoms with Crippen molar-refractivity contribution in [2.24, 2.45) is 0 Å². The Balaban J connectivity index is 0.000000255. The second-order valence-electron chi connectivity index (χ2n) is 3.05. The Bertz CT molecular complexity index is 251. The van der Waals surface area contributed by atoms with Crippen LogP contribution in [0.5, 0.6) is 0 Å². The van der Waals surface area contributed by atoms with Gasteiger partial charge in [-0.05, 0) is 6.42 Å². The molecule has 1 aromatic rings. The fourth-order valence-electron chi connectivity index (χ4n) is 0.780. The van der Waals surface area contributed by atoms with Gasteiger partial charge in [0.2, 0.25) is 0 Å². The summed E-state index contributed by atoms with van der Waals surface area (Å²) in [6.45, 7) is 1.84. The van der Waals surface area contributed by atoms with Gasteiger partial charge in [0, 0.05) is 6.42 Å². The minimum absolute atomic E-state index is 0.292. The van der Waals surface area contributed by atoms with E-state index in [1.807, 2.05) is 19.1 Å². The van der Waals surface area contributed by atoms with Crippen molar-refractivity contribution in [1.82, 2.24) is 0 Å². The van der Waals surface area contributed by atoms with E-state index in [0.29, 0.717) is 6.42 Å². The number of hydrogen-bond acceptors (Lipinski definition) is 2. The van der Waals surface area contributed by atoms with E-state index in [-0.39, 0.29) is 0 Å². The average Bonchev–Trinajstić information content (AvgIpc) is 2.11. The molecule has 0 radical (unpaired) electrons. The van der Waals surface area contributed by atoms with Crippen LogP contribution in [0.2, 0.25) is 0 Å². The predicted octanol–water partition coefficient (Wildman–Crippen LogP) is 0.934. The molecule has 0 atom stereocenters. The Morgan fingerprint density at radius 3 is 2.14 bits per heavy atom. The van der Waals surface area contributed by atoms with Crippen molar-refractivity contribution in [3.8, 4) is 0 Å². The van der Waals surface area contributed by atoms with Crippen LogP contribution in [0.3, 0.4) is 0 Å². The molecule has 0 aliphatic heterocycles. The van der Waals surface area contributed by atoms with Gasteiger partial charge in [0.1, 0.15) is 0 Å². The second-order valence-corrected chi connectivity index (χ2v) is 4.21. The van der Waals surface area contributed by atoms with Gasteiger partial charge < -0.3 is 5.11 Å². The second kappa shape index (κ2) is 7.85. The zero-order chi connectivity index (χ0) is 11.0. The van der Waals surface area contributed by atoms with Crippen LogP contribution in [-0.2, 0) is 4.79 Å². The number of carboxylic acids is 1. The molecule has 0 saturated heterocycles. The summed E-state index contributed by atoms with van der Waals surface area (Å²) in [7, 11) is 0. The van der Waals surface area contributed by atoms with Gasteiger partial charge in [-0.2, -0.15) is 0 Å². The van der Waals surface area contributed by atoms with Crippen LogP contribution in [-0.4, -0.2) is 39.0 Å². The molecule has 0 aliphatic rings. The number of rotatable bonds is 2. The maximum atomic E-state index is 9.60. The van der Waals surface area contributed by atoms with Gasteiger partial charge in [0.15, 0.2) is 0 Å². The van der Waals surface area contributed by atoms with Gasteiger partial charge in [0.25, 0.3) is 0 Å². The van der Waals surface area contributed by atoms with Gasteiger partial charge in [-0.15, -0.1) is 0 Å². The van der Waals surface area contributed by atoms with Crippen molar-refractivity contribution in [1.29, 1.82) is 0 Å². The first-order valence-corrected chi connectivity index (χ1v) is 5.60. The molecule has 1 aromatic carbocycles. The molecule has 4 heteroatoms. The Morgan fingerprint density at radius 1 is 1.43 bits per heavy atom. The summed E-state index contributed by atoms with van der Waals surface area (Å²) in [5.74, 6) is -0.711. The van der Waals surface area contributed by atoms with Crippen molar-refractivity contribution >= 4 is 42.4 Å². The van der Waals surface area contributed by atoms with Crippen LogP contribution in [0.25, 0.3) is 0 Å². The normalized spacial score (nSPS) is 8.79. The number of nitrogens with two attached hydrogens (primary N) is 1. The van der Waals surface area contributed by atoms with Crippen LogP contribution in [0.15, 0.2) is 24.3 Å².